The Hall–Kier alpha value is 0.540. The second-order valence-corrected chi connectivity index (χ2v) is 7.34. The van der Waals surface area contributed by atoms with Crippen LogP contribution in [0.25, 0.3) is 0 Å². The maximum absolute atomic E-state index is 5.53. The van der Waals surface area contributed by atoms with Gasteiger partial charge in [-0.25, -0.2) is 0 Å². The van der Waals surface area contributed by atoms with Gasteiger partial charge in [-0.2, -0.15) is 23.5 Å². The highest BCUT2D eigenvalue weighted by atomic mass is 32.2. The molecule has 20 heavy (non-hydrogen) atoms. The number of thioether (sulfide) groups is 2. The van der Waals surface area contributed by atoms with Gasteiger partial charge in [-0.15, -0.1) is 0 Å². The molecule has 0 aromatic rings. The predicted octanol–water partition coefficient (Wildman–Crippen LogP) is 1.06. The second kappa shape index (κ2) is 15.9. The third-order valence-corrected chi connectivity index (χ3v) is 5.06. The lowest BCUT2D eigenvalue weighted by atomic mass is 10.2. The number of rotatable bonds is 15. The summed E-state index contributed by atoms with van der Waals surface area (Å²) in [6, 6.07) is 0.605. The number of nitrogens with one attached hydrogen (secondary N) is 1. The molecular weight excluding hydrogens is 288 g/mol. The van der Waals surface area contributed by atoms with Crippen molar-refractivity contribution in [2.75, 3.05) is 62.3 Å². The van der Waals surface area contributed by atoms with Gasteiger partial charge in [0.1, 0.15) is 0 Å². The van der Waals surface area contributed by atoms with Crippen LogP contribution in [0.5, 0.6) is 0 Å². The van der Waals surface area contributed by atoms with E-state index in [1.807, 2.05) is 23.5 Å². The Balaban J connectivity index is 3.70. The molecule has 0 rings (SSSR count). The number of hydrogen-bond acceptors (Lipinski definition) is 6. The fraction of sp³-hybridized carbons (Fsp3) is 1.00. The molecule has 4 nitrogen and oxygen atoms in total. The normalized spacial score (nSPS) is 13.1. The quantitative estimate of drug-likeness (QED) is 0.392. The smallest absolute Gasteiger partial charge is 0.0192 e. The Labute approximate surface area is 134 Å². The van der Waals surface area contributed by atoms with E-state index in [1.54, 1.807) is 0 Å². The molecule has 0 fully saturated rings. The Morgan fingerprint density at radius 1 is 1.00 bits per heavy atom. The first-order valence-corrected chi connectivity index (χ1v) is 10.1. The van der Waals surface area contributed by atoms with Gasteiger partial charge in [0, 0.05) is 61.8 Å². The molecule has 0 spiro atoms. The molecule has 0 saturated heterocycles. The zero-order valence-corrected chi connectivity index (χ0v) is 14.9. The molecule has 1 atom stereocenters. The number of hydrogen-bond donors (Lipinski definition) is 3. The van der Waals surface area contributed by atoms with Crippen molar-refractivity contribution in [1.82, 2.24) is 10.2 Å². The zero-order valence-electron chi connectivity index (χ0n) is 13.3. The van der Waals surface area contributed by atoms with Gasteiger partial charge in [-0.05, 0) is 19.9 Å². The molecular formula is C14H34N4S2. The molecule has 0 aliphatic rings. The first kappa shape index (κ1) is 20.5. The first-order chi connectivity index (χ1) is 9.76. The molecule has 0 radical (unpaired) electrons. The van der Waals surface area contributed by atoms with E-state index in [1.165, 1.54) is 25.3 Å². The summed E-state index contributed by atoms with van der Waals surface area (Å²) >= 11 is 3.89. The highest BCUT2D eigenvalue weighted by Gasteiger charge is 2.11. The van der Waals surface area contributed by atoms with E-state index in [9.17, 15) is 0 Å². The molecule has 0 aromatic carbocycles. The summed E-state index contributed by atoms with van der Waals surface area (Å²) < 4.78 is 0. The van der Waals surface area contributed by atoms with Crippen molar-refractivity contribution in [2.24, 2.45) is 11.5 Å². The largest absolute Gasteiger partial charge is 0.330 e. The fourth-order valence-electron chi connectivity index (χ4n) is 1.98. The van der Waals surface area contributed by atoms with Crippen molar-refractivity contribution in [3.05, 3.63) is 0 Å². The minimum absolute atomic E-state index is 0.605. The molecule has 5 N–H and O–H groups in total. The van der Waals surface area contributed by atoms with Crippen LogP contribution in [0.3, 0.4) is 0 Å². The van der Waals surface area contributed by atoms with Crippen LogP contribution in [-0.2, 0) is 0 Å². The van der Waals surface area contributed by atoms with E-state index in [4.69, 9.17) is 11.5 Å². The fourth-order valence-corrected chi connectivity index (χ4v) is 3.37. The number of nitrogens with two attached hydrogens (primary N) is 2. The van der Waals surface area contributed by atoms with Crippen LogP contribution < -0.4 is 16.8 Å². The minimum Gasteiger partial charge on any atom is -0.330 e. The molecule has 0 aliphatic heterocycles. The summed E-state index contributed by atoms with van der Waals surface area (Å²) in [6.45, 7) is 10.7. The van der Waals surface area contributed by atoms with E-state index in [0.29, 0.717) is 6.04 Å². The average molecular weight is 323 g/mol. The van der Waals surface area contributed by atoms with Crippen LogP contribution >= 0.6 is 23.5 Å². The summed E-state index contributed by atoms with van der Waals surface area (Å²) in [7, 11) is 0. The van der Waals surface area contributed by atoms with Crippen LogP contribution in [0.1, 0.15) is 20.3 Å². The summed E-state index contributed by atoms with van der Waals surface area (Å²) in [5.74, 6) is 4.49. The van der Waals surface area contributed by atoms with E-state index >= 15 is 0 Å². The summed E-state index contributed by atoms with van der Waals surface area (Å²) in [5.41, 5.74) is 11.0. The van der Waals surface area contributed by atoms with Gasteiger partial charge < -0.3 is 16.8 Å². The average Bonchev–Trinajstić information content (AvgIpc) is 2.45. The Morgan fingerprint density at radius 3 is 2.25 bits per heavy atom. The summed E-state index contributed by atoms with van der Waals surface area (Å²) in [4.78, 5) is 2.59. The van der Waals surface area contributed by atoms with Crippen LogP contribution in [0.15, 0.2) is 0 Å². The lowest BCUT2D eigenvalue weighted by molar-refractivity contribution is 0.218. The van der Waals surface area contributed by atoms with Crippen LogP contribution in [0, 0.1) is 0 Å². The van der Waals surface area contributed by atoms with Crippen LogP contribution in [-0.4, -0.2) is 73.2 Å². The highest BCUT2D eigenvalue weighted by Crippen LogP contribution is 2.05. The highest BCUT2D eigenvalue weighted by molar-refractivity contribution is 7.99. The summed E-state index contributed by atoms with van der Waals surface area (Å²) in [5, 5.41) is 3.55. The molecule has 122 valence electrons. The molecule has 0 saturated carbocycles. The van der Waals surface area contributed by atoms with Crippen LogP contribution in [0.4, 0.5) is 0 Å². The van der Waals surface area contributed by atoms with Gasteiger partial charge in [-0.1, -0.05) is 6.92 Å². The molecule has 0 aliphatic carbocycles. The third-order valence-electron chi connectivity index (χ3n) is 3.04. The van der Waals surface area contributed by atoms with Gasteiger partial charge in [-0.3, -0.25) is 4.90 Å². The van der Waals surface area contributed by atoms with Crippen molar-refractivity contribution in [3.8, 4) is 0 Å². The predicted molar refractivity (Wildman–Crippen MR) is 97.0 cm³/mol. The standard InChI is InChI=1S/C14H34N4S2/c1-3-7-18(8-12-20-10-5-16)14(2)13-17-6-11-19-9-4-15/h14,17H,3-13,15-16H2,1-2H3. The lowest BCUT2D eigenvalue weighted by Gasteiger charge is -2.29. The lowest BCUT2D eigenvalue weighted by Crippen LogP contribution is -2.42. The van der Waals surface area contributed by atoms with Crippen molar-refractivity contribution in [2.45, 2.75) is 26.3 Å². The van der Waals surface area contributed by atoms with E-state index in [2.05, 4.69) is 24.1 Å². The van der Waals surface area contributed by atoms with E-state index in [0.717, 1.165) is 43.4 Å². The van der Waals surface area contributed by atoms with E-state index in [-0.39, 0.29) is 0 Å². The molecule has 0 amide bonds. The third kappa shape index (κ3) is 12.3. The van der Waals surface area contributed by atoms with Crippen molar-refractivity contribution in [1.29, 1.82) is 0 Å². The Morgan fingerprint density at radius 2 is 1.65 bits per heavy atom. The molecule has 0 bridgehead atoms. The Bertz CT molecular complexity index is 196. The van der Waals surface area contributed by atoms with Crippen molar-refractivity contribution >= 4 is 23.5 Å². The Kier molecular flexibility index (Phi) is 16.3. The molecule has 0 aromatic heterocycles. The zero-order chi connectivity index (χ0) is 15.1. The van der Waals surface area contributed by atoms with Gasteiger partial charge >= 0.3 is 0 Å². The monoisotopic (exact) mass is 322 g/mol. The van der Waals surface area contributed by atoms with Crippen molar-refractivity contribution in [3.63, 3.8) is 0 Å². The maximum atomic E-state index is 5.53. The SMILES string of the molecule is CCCN(CCSCCN)C(C)CNCCSCCN. The van der Waals surface area contributed by atoms with Gasteiger partial charge in [0.25, 0.3) is 0 Å². The molecule has 0 heterocycles. The van der Waals surface area contributed by atoms with E-state index < -0.39 is 0 Å². The summed E-state index contributed by atoms with van der Waals surface area (Å²) in [6.07, 6.45) is 1.22. The molecule has 1 unspecified atom stereocenters. The topological polar surface area (TPSA) is 67.3 Å². The second-order valence-electron chi connectivity index (χ2n) is 4.89. The van der Waals surface area contributed by atoms with Crippen molar-refractivity contribution < 1.29 is 0 Å². The molecule has 6 heteroatoms. The number of nitrogens with zero attached hydrogens (tertiary/aromatic N) is 1. The van der Waals surface area contributed by atoms with Gasteiger partial charge in [0.2, 0.25) is 0 Å². The van der Waals surface area contributed by atoms with Crippen LogP contribution in [0.2, 0.25) is 0 Å². The first-order valence-electron chi connectivity index (χ1n) is 7.76. The maximum Gasteiger partial charge on any atom is 0.0192 e. The van der Waals surface area contributed by atoms with Gasteiger partial charge in [0.15, 0.2) is 0 Å². The van der Waals surface area contributed by atoms with Gasteiger partial charge in [0.05, 0.1) is 0 Å². The minimum atomic E-state index is 0.605.